The van der Waals surface area contributed by atoms with Gasteiger partial charge in [-0.3, -0.25) is 14.4 Å². The standard InChI is InChI=1S/C35H38ClN5O4/c1-23(2)30(33(44)40-18-17-35(45,34(3,4)22-40)26-13-15-27(36)16-14-26)39-32(43)25-10-8-9-24(19-25)31(42)38-28-20-37-41(21-28)29-11-6-5-7-12-29/h5-16,19-21,23,30,45H,17-18,22H2,1-4H3,(H,38,42)(H,39,43)/t30-,35+/m1/s1. The number of anilines is 1. The number of benzene rings is 3. The molecule has 3 amide bonds. The monoisotopic (exact) mass is 627 g/mol. The molecule has 1 aliphatic rings. The minimum atomic E-state index is -1.15. The highest BCUT2D eigenvalue weighted by molar-refractivity contribution is 6.30. The maximum atomic E-state index is 13.8. The summed E-state index contributed by atoms with van der Waals surface area (Å²) in [5.41, 5.74) is 0.865. The number of hydrogen-bond acceptors (Lipinski definition) is 5. The second-order valence-corrected chi connectivity index (χ2v) is 12.9. The van der Waals surface area contributed by atoms with Crippen molar-refractivity contribution in [1.82, 2.24) is 20.0 Å². The van der Waals surface area contributed by atoms with Crippen molar-refractivity contribution in [3.63, 3.8) is 0 Å². The van der Waals surface area contributed by atoms with Crippen molar-refractivity contribution >= 4 is 35.0 Å². The summed E-state index contributed by atoms with van der Waals surface area (Å²) in [6.45, 7) is 8.26. The molecule has 9 nitrogen and oxygen atoms in total. The summed E-state index contributed by atoms with van der Waals surface area (Å²) in [4.78, 5) is 42.0. The van der Waals surface area contributed by atoms with Gasteiger partial charge in [-0.15, -0.1) is 0 Å². The van der Waals surface area contributed by atoms with E-state index in [9.17, 15) is 19.5 Å². The number of nitrogens with zero attached hydrogens (tertiary/aromatic N) is 3. The van der Waals surface area contributed by atoms with Crippen molar-refractivity contribution in [3.05, 3.63) is 113 Å². The van der Waals surface area contributed by atoms with E-state index in [4.69, 9.17) is 11.6 Å². The summed E-state index contributed by atoms with van der Waals surface area (Å²) >= 11 is 6.07. The van der Waals surface area contributed by atoms with E-state index in [1.54, 1.807) is 52.3 Å². The molecule has 1 aromatic heterocycles. The molecule has 0 aliphatic carbocycles. The predicted octanol–water partition coefficient (Wildman–Crippen LogP) is 5.68. The Balaban J connectivity index is 1.25. The number of nitrogens with one attached hydrogen (secondary N) is 2. The molecule has 0 unspecified atom stereocenters. The van der Waals surface area contributed by atoms with Crippen molar-refractivity contribution in [1.29, 1.82) is 0 Å². The number of rotatable bonds is 8. The Morgan fingerprint density at radius 1 is 0.933 bits per heavy atom. The second-order valence-electron chi connectivity index (χ2n) is 12.5. The Labute approximate surface area is 268 Å². The smallest absolute Gasteiger partial charge is 0.255 e. The summed E-state index contributed by atoms with van der Waals surface area (Å²) < 4.78 is 1.66. The van der Waals surface area contributed by atoms with E-state index in [1.165, 1.54) is 6.07 Å². The van der Waals surface area contributed by atoms with E-state index in [1.807, 2.05) is 70.2 Å². The maximum absolute atomic E-state index is 13.8. The number of hydrogen-bond donors (Lipinski definition) is 3. The molecule has 4 aromatic rings. The van der Waals surface area contributed by atoms with Gasteiger partial charge in [0.25, 0.3) is 11.8 Å². The zero-order chi connectivity index (χ0) is 32.4. The first-order valence-electron chi connectivity index (χ1n) is 15.0. The highest BCUT2D eigenvalue weighted by Crippen LogP contribution is 2.46. The van der Waals surface area contributed by atoms with Crippen molar-refractivity contribution in [3.8, 4) is 5.69 Å². The quantitative estimate of drug-likeness (QED) is 0.232. The average molecular weight is 628 g/mol. The molecule has 0 bridgehead atoms. The van der Waals surface area contributed by atoms with Crippen LogP contribution < -0.4 is 10.6 Å². The van der Waals surface area contributed by atoms with Crippen LogP contribution in [-0.2, 0) is 10.4 Å². The molecule has 0 saturated carbocycles. The Kier molecular flexibility index (Phi) is 9.13. The fraction of sp³-hybridized carbons (Fsp3) is 0.314. The van der Waals surface area contributed by atoms with Crippen LogP contribution in [0.25, 0.3) is 5.69 Å². The molecule has 2 atom stereocenters. The minimum absolute atomic E-state index is 0.200. The summed E-state index contributed by atoms with van der Waals surface area (Å²) in [5, 5.41) is 22.3. The number of likely N-dealkylation sites (tertiary alicyclic amines) is 1. The molecule has 10 heteroatoms. The van der Waals surface area contributed by atoms with E-state index in [2.05, 4.69) is 15.7 Å². The average Bonchev–Trinajstić information content (AvgIpc) is 3.49. The lowest BCUT2D eigenvalue weighted by atomic mass is 9.66. The van der Waals surface area contributed by atoms with Gasteiger partial charge in [0, 0.05) is 34.7 Å². The normalized spacial score (nSPS) is 18.3. The highest BCUT2D eigenvalue weighted by Gasteiger charge is 2.50. The van der Waals surface area contributed by atoms with Gasteiger partial charge in [-0.2, -0.15) is 5.10 Å². The molecule has 2 heterocycles. The van der Waals surface area contributed by atoms with Gasteiger partial charge in [0.05, 0.1) is 29.4 Å². The number of aliphatic hydroxyl groups is 1. The van der Waals surface area contributed by atoms with Crippen LogP contribution in [0, 0.1) is 11.3 Å². The van der Waals surface area contributed by atoms with Gasteiger partial charge in [0.15, 0.2) is 0 Å². The van der Waals surface area contributed by atoms with Crippen LogP contribution in [0.1, 0.15) is 60.4 Å². The van der Waals surface area contributed by atoms with Gasteiger partial charge in [-0.05, 0) is 60.4 Å². The van der Waals surface area contributed by atoms with Crippen molar-refractivity contribution in [2.24, 2.45) is 11.3 Å². The molecule has 3 aromatic carbocycles. The molecule has 1 fully saturated rings. The zero-order valence-electron chi connectivity index (χ0n) is 25.8. The predicted molar refractivity (Wildman–Crippen MR) is 174 cm³/mol. The van der Waals surface area contributed by atoms with Crippen LogP contribution in [-0.4, -0.2) is 56.6 Å². The Morgan fingerprint density at radius 3 is 2.24 bits per heavy atom. The molecule has 234 valence electrons. The molecule has 5 rings (SSSR count). The van der Waals surface area contributed by atoms with Crippen LogP contribution in [0.3, 0.4) is 0 Å². The van der Waals surface area contributed by atoms with E-state index in [0.717, 1.165) is 11.3 Å². The van der Waals surface area contributed by atoms with Gasteiger partial charge in [-0.25, -0.2) is 4.68 Å². The lowest BCUT2D eigenvalue weighted by Crippen LogP contribution is -2.60. The largest absolute Gasteiger partial charge is 0.384 e. The van der Waals surface area contributed by atoms with Crippen LogP contribution in [0.15, 0.2) is 91.3 Å². The molecule has 0 spiro atoms. The zero-order valence-corrected chi connectivity index (χ0v) is 26.6. The van der Waals surface area contributed by atoms with Gasteiger partial charge in [-0.1, -0.05) is 75.7 Å². The fourth-order valence-corrected chi connectivity index (χ4v) is 5.95. The lowest BCUT2D eigenvalue weighted by molar-refractivity contribution is -0.155. The summed E-state index contributed by atoms with van der Waals surface area (Å²) in [5.74, 6) is -1.26. The fourth-order valence-electron chi connectivity index (χ4n) is 5.82. The Morgan fingerprint density at radius 2 is 1.60 bits per heavy atom. The first-order chi connectivity index (χ1) is 21.4. The number of halogens is 1. The van der Waals surface area contributed by atoms with Crippen LogP contribution >= 0.6 is 11.6 Å². The van der Waals surface area contributed by atoms with E-state index in [-0.39, 0.29) is 17.4 Å². The Bertz CT molecular complexity index is 1690. The van der Waals surface area contributed by atoms with Crippen LogP contribution in [0.5, 0.6) is 0 Å². The summed E-state index contributed by atoms with van der Waals surface area (Å²) in [7, 11) is 0. The van der Waals surface area contributed by atoms with Crippen molar-refractivity contribution in [2.75, 3.05) is 18.4 Å². The third kappa shape index (κ3) is 6.79. The SMILES string of the molecule is CC(C)[C@@H](NC(=O)c1cccc(C(=O)Nc2cnn(-c3ccccc3)c2)c1)C(=O)N1CC[C@](O)(c2ccc(Cl)cc2)C(C)(C)C1. The van der Waals surface area contributed by atoms with Gasteiger partial charge >= 0.3 is 0 Å². The van der Waals surface area contributed by atoms with E-state index >= 15 is 0 Å². The van der Waals surface area contributed by atoms with Gasteiger partial charge in [0.1, 0.15) is 6.04 Å². The molecule has 1 aliphatic heterocycles. The number of para-hydroxylation sites is 1. The van der Waals surface area contributed by atoms with Gasteiger partial charge in [0.2, 0.25) is 5.91 Å². The molecular weight excluding hydrogens is 590 g/mol. The van der Waals surface area contributed by atoms with Crippen molar-refractivity contribution < 1.29 is 19.5 Å². The molecule has 45 heavy (non-hydrogen) atoms. The van der Waals surface area contributed by atoms with Crippen LogP contribution in [0.4, 0.5) is 5.69 Å². The third-order valence-corrected chi connectivity index (χ3v) is 8.80. The first-order valence-corrected chi connectivity index (χ1v) is 15.4. The minimum Gasteiger partial charge on any atom is -0.384 e. The van der Waals surface area contributed by atoms with Crippen LogP contribution in [0.2, 0.25) is 5.02 Å². The molecular formula is C35H38ClN5O4. The first kappa shape index (κ1) is 31.9. The van der Waals surface area contributed by atoms with Crippen molar-refractivity contribution in [2.45, 2.75) is 45.8 Å². The summed E-state index contributed by atoms with van der Waals surface area (Å²) in [6.07, 6.45) is 3.60. The van der Waals surface area contributed by atoms with Gasteiger partial charge < -0.3 is 20.6 Å². The number of piperidine rings is 1. The molecule has 0 radical (unpaired) electrons. The molecule has 1 saturated heterocycles. The van der Waals surface area contributed by atoms with E-state index in [0.29, 0.717) is 35.8 Å². The maximum Gasteiger partial charge on any atom is 0.255 e. The molecule has 3 N–H and O–H groups in total. The number of amides is 3. The number of carbonyl (C=O) groups is 3. The third-order valence-electron chi connectivity index (χ3n) is 8.55. The lowest BCUT2D eigenvalue weighted by Gasteiger charge is -2.51. The summed E-state index contributed by atoms with van der Waals surface area (Å²) in [6, 6.07) is 22.3. The highest BCUT2D eigenvalue weighted by atomic mass is 35.5. The topological polar surface area (TPSA) is 117 Å². The second kappa shape index (κ2) is 12.9. The number of aromatic nitrogens is 2. The number of carbonyl (C=O) groups excluding carboxylic acids is 3. The Hall–Kier alpha value is -4.47. The van der Waals surface area contributed by atoms with E-state index < -0.39 is 28.9 Å².